The predicted octanol–water partition coefficient (Wildman–Crippen LogP) is 4.71. The van der Waals surface area contributed by atoms with Gasteiger partial charge in [0, 0.05) is 10.0 Å². The number of ketones is 1. The molecule has 19 heavy (non-hydrogen) atoms. The van der Waals surface area contributed by atoms with Gasteiger partial charge in [0.1, 0.15) is 5.82 Å². The van der Waals surface area contributed by atoms with E-state index in [2.05, 4.69) is 15.9 Å². The van der Waals surface area contributed by atoms with E-state index in [-0.39, 0.29) is 26.9 Å². The monoisotopic (exact) mass is 361 g/mol. The molecule has 2 aromatic carbocycles. The Morgan fingerprint density at radius 1 is 1.16 bits per heavy atom. The zero-order valence-electron chi connectivity index (χ0n) is 9.38. The van der Waals surface area contributed by atoms with E-state index in [9.17, 15) is 9.18 Å². The number of nitrogen functional groups attached to an aromatic ring is 1. The molecule has 0 atom stereocenters. The Labute approximate surface area is 127 Å². The Morgan fingerprint density at radius 2 is 1.84 bits per heavy atom. The molecular formula is C13H7BrCl2FNO. The van der Waals surface area contributed by atoms with E-state index >= 15 is 0 Å². The first-order valence-electron chi connectivity index (χ1n) is 5.15. The number of carbonyl (C=O) groups excluding carboxylic acids is 1. The standard InChI is InChI=1S/C13H7BrCl2FNO/c14-8-5-11(17)7(4-10(8)16)13(19)6-2-1-3-9(15)12(6)18/h1-5H,18H2. The second-order valence-electron chi connectivity index (χ2n) is 3.78. The van der Waals surface area contributed by atoms with E-state index in [1.807, 2.05) is 0 Å². The van der Waals surface area contributed by atoms with Crippen LogP contribution in [0.15, 0.2) is 34.8 Å². The van der Waals surface area contributed by atoms with E-state index in [1.54, 1.807) is 12.1 Å². The molecule has 2 N–H and O–H groups in total. The van der Waals surface area contributed by atoms with Crippen molar-refractivity contribution in [1.82, 2.24) is 0 Å². The average molecular weight is 363 g/mol. The van der Waals surface area contributed by atoms with Gasteiger partial charge >= 0.3 is 0 Å². The van der Waals surface area contributed by atoms with Crippen molar-refractivity contribution < 1.29 is 9.18 Å². The molecule has 0 spiro atoms. The summed E-state index contributed by atoms with van der Waals surface area (Å²) in [6.07, 6.45) is 0. The molecule has 0 aromatic heterocycles. The van der Waals surface area contributed by atoms with Crippen molar-refractivity contribution in [3.63, 3.8) is 0 Å². The minimum atomic E-state index is -0.680. The van der Waals surface area contributed by atoms with Gasteiger partial charge in [-0.1, -0.05) is 29.3 Å². The van der Waals surface area contributed by atoms with Crippen LogP contribution in [0.25, 0.3) is 0 Å². The highest BCUT2D eigenvalue weighted by atomic mass is 79.9. The fraction of sp³-hybridized carbons (Fsp3) is 0. The molecule has 0 heterocycles. The molecule has 0 amide bonds. The van der Waals surface area contributed by atoms with Gasteiger partial charge in [0.05, 0.1) is 21.3 Å². The second-order valence-corrected chi connectivity index (χ2v) is 5.45. The smallest absolute Gasteiger partial charge is 0.198 e. The minimum Gasteiger partial charge on any atom is -0.397 e. The third-order valence-corrected chi connectivity index (χ3v) is 4.08. The zero-order valence-corrected chi connectivity index (χ0v) is 12.5. The maximum absolute atomic E-state index is 13.8. The summed E-state index contributed by atoms with van der Waals surface area (Å²) in [5, 5.41) is 0.486. The van der Waals surface area contributed by atoms with E-state index in [0.717, 1.165) is 6.07 Å². The molecule has 2 aromatic rings. The number of benzene rings is 2. The fourth-order valence-electron chi connectivity index (χ4n) is 1.58. The van der Waals surface area contributed by atoms with Crippen LogP contribution in [-0.2, 0) is 0 Å². The first-order valence-corrected chi connectivity index (χ1v) is 6.70. The highest BCUT2D eigenvalue weighted by Crippen LogP contribution is 2.29. The second kappa shape index (κ2) is 5.49. The Bertz CT molecular complexity index is 676. The van der Waals surface area contributed by atoms with Gasteiger partial charge in [0.2, 0.25) is 0 Å². The van der Waals surface area contributed by atoms with Gasteiger partial charge in [-0.25, -0.2) is 4.39 Å². The predicted molar refractivity (Wildman–Crippen MR) is 78.4 cm³/mol. The molecule has 98 valence electrons. The molecule has 0 bridgehead atoms. The molecule has 2 nitrogen and oxygen atoms in total. The number of nitrogens with two attached hydrogens (primary N) is 1. The summed E-state index contributed by atoms with van der Waals surface area (Å²) in [5.74, 6) is -1.24. The normalized spacial score (nSPS) is 10.5. The summed E-state index contributed by atoms with van der Waals surface area (Å²) in [6.45, 7) is 0. The van der Waals surface area contributed by atoms with Crippen LogP contribution in [-0.4, -0.2) is 5.78 Å². The van der Waals surface area contributed by atoms with Crippen LogP contribution in [0.2, 0.25) is 10.0 Å². The number of hydrogen-bond acceptors (Lipinski definition) is 2. The topological polar surface area (TPSA) is 43.1 Å². The van der Waals surface area contributed by atoms with Gasteiger partial charge in [0.15, 0.2) is 5.78 Å². The largest absolute Gasteiger partial charge is 0.397 e. The SMILES string of the molecule is Nc1c(Cl)cccc1C(=O)c1cc(Cl)c(Br)cc1F. The van der Waals surface area contributed by atoms with Crippen molar-refractivity contribution in [2.75, 3.05) is 5.73 Å². The van der Waals surface area contributed by atoms with Gasteiger partial charge in [-0.15, -0.1) is 0 Å². The quantitative estimate of drug-likeness (QED) is 0.477. The highest BCUT2D eigenvalue weighted by Gasteiger charge is 2.19. The lowest BCUT2D eigenvalue weighted by atomic mass is 10.0. The number of halogens is 4. The maximum Gasteiger partial charge on any atom is 0.198 e. The highest BCUT2D eigenvalue weighted by molar-refractivity contribution is 9.10. The summed E-state index contributed by atoms with van der Waals surface area (Å²) in [4.78, 5) is 12.3. The van der Waals surface area contributed by atoms with Crippen molar-refractivity contribution in [3.05, 3.63) is 61.8 Å². The van der Waals surface area contributed by atoms with Gasteiger partial charge in [0.25, 0.3) is 0 Å². The molecule has 6 heteroatoms. The van der Waals surface area contributed by atoms with Gasteiger partial charge in [-0.2, -0.15) is 0 Å². The molecule has 0 aliphatic rings. The number of para-hydroxylation sites is 1. The molecule has 0 saturated heterocycles. The molecule has 0 unspecified atom stereocenters. The number of hydrogen-bond donors (Lipinski definition) is 1. The van der Waals surface area contributed by atoms with Crippen LogP contribution in [0.3, 0.4) is 0 Å². The molecule has 0 fully saturated rings. The lowest BCUT2D eigenvalue weighted by Gasteiger charge is -2.08. The van der Waals surface area contributed by atoms with E-state index in [0.29, 0.717) is 4.47 Å². The zero-order chi connectivity index (χ0) is 14.2. The van der Waals surface area contributed by atoms with Crippen molar-refractivity contribution in [1.29, 1.82) is 0 Å². The fourth-order valence-corrected chi connectivity index (χ4v) is 2.23. The summed E-state index contributed by atoms with van der Waals surface area (Å²) < 4.78 is 14.2. The first-order chi connectivity index (χ1) is 8.91. The Hall–Kier alpha value is -1.10. The number of carbonyl (C=O) groups is 1. The Balaban J connectivity index is 2.56. The summed E-state index contributed by atoms with van der Waals surface area (Å²) in [6, 6.07) is 7.00. The number of rotatable bonds is 2. The van der Waals surface area contributed by atoms with E-state index in [1.165, 1.54) is 12.1 Å². The van der Waals surface area contributed by atoms with Crippen LogP contribution in [0.5, 0.6) is 0 Å². The van der Waals surface area contributed by atoms with Crippen molar-refractivity contribution in [2.24, 2.45) is 0 Å². The van der Waals surface area contributed by atoms with Crippen molar-refractivity contribution in [2.45, 2.75) is 0 Å². The average Bonchev–Trinajstić information content (AvgIpc) is 2.36. The van der Waals surface area contributed by atoms with Crippen LogP contribution < -0.4 is 5.73 Å². The van der Waals surface area contributed by atoms with Crippen LogP contribution in [0, 0.1) is 5.82 Å². The first kappa shape index (κ1) is 14.3. The third kappa shape index (κ3) is 2.76. The lowest BCUT2D eigenvalue weighted by Crippen LogP contribution is -2.08. The van der Waals surface area contributed by atoms with Crippen LogP contribution in [0.4, 0.5) is 10.1 Å². The van der Waals surface area contributed by atoms with Crippen molar-refractivity contribution >= 4 is 50.6 Å². The molecule has 2 rings (SSSR count). The molecule has 0 aliphatic heterocycles. The summed E-state index contributed by atoms with van der Waals surface area (Å²) in [7, 11) is 0. The Morgan fingerprint density at radius 3 is 2.53 bits per heavy atom. The van der Waals surface area contributed by atoms with E-state index in [4.69, 9.17) is 28.9 Å². The number of anilines is 1. The maximum atomic E-state index is 13.8. The molecule has 0 aliphatic carbocycles. The molecule has 0 saturated carbocycles. The minimum absolute atomic E-state index is 0.118. The summed E-state index contributed by atoms with van der Waals surface area (Å²) in [5.41, 5.74) is 5.83. The third-order valence-electron chi connectivity index (χ3n) is 2.55. The lowest BCUT2D eigenvalue weighted by molar-refractivity contribution is 0.103. The Kier molecular flexibility index (Phi) is 4.13. The van der Waals surface area contributed by atoms with Crippen LogP contribution >= 0.6 is 39.1 Å². The molecular weight excluding hydrogens is 356 g/mol. The van der Waals surface area contributed by atoms with Gasteiger partial charge < -0.3 is 5.73 Å². The van der Waals surface area contributed by atoms with E-state index < -0.39 is 11.6 Å². The van der Waals surface area contributed by atoms with Crippen LogP contribution in [0.1, 0.15) is 15.9 Å². The van der Waals surface area contributed by atoms with Gasteiger partial charge in [-0.05, 0) is 40.2 Å². The van der Waals surface area contributed by atoms with Gasteiger partial charge in [-0.3, -0.25) is 4.79 Å². The molecule has 0 radical (unpaired) electrons. The van der Waals surface area contributed by atoms with Crippen molar-refractivity contribution in [3.8, 4) is 0 Å². The summed E-state index contributed by atoms with van der Waals surface area (Å²) >= 11 is 14.8.